The van der Waals surface area contributed by atoms with Gasteiger partial charge in [-0.15, -0.1) is 0 Å². The summed E-state index contributed by atoms with van der Waals surface area (Å²) in [5, 5.41) is 10.7. The van der Waals surface area contributed by atoms with Gasteiger partial charge in [0.05, 0.1) is 6.61 Å². The molecule has 0 aliphatic heterocycles. The van der Waals surface area contributed by atoms with Crippen molar-refractivity contribution in [2.45, 2.75) is 6.92 Å². The lowest BCUT2D eigenvalue weighted by molar-refractivity contribution is -0.118. The molecule has 5 nitrogen and oxygen atoms in total. The Morgan fingerprint density at radius 1 is 1.58 bits per heavy atom. The molecule has 4 N–H and O–H groups in total. The second-order valence-electron chi connectivity index (χ2n) is 2.21. The molecule has 0 aromatic carbocycles. The Balaban J connectivity index is 4.01. The van der Waals surface area contributed by atoms with Crippen molar-refractivity contribution in [1.82, 2.24) is 5.32 Å². The van der Waals surface area contributed by atoms with Gasteiger partial charge in [0.15, 0.2) is 0 Å². The first-order valence-electron chi connectivity index (χ1n) is 3.44. The van der Waals surface area contributed by atoms with Gasteiger partial charge in [-0.05, 0) is 6.92 Å². The summed E-state index contributed by atoms with van der Waals surface area (Å²) in [6, 6.07) is 0. The van der Waals surface area contributed by atoms with Crippen molar-refractivity contribution in [2.75, 3.05) is 13.2 Å². The molecule has 0 saturated heterocycles. The molecule has 0 rings (SSSR count). The number of hydrogen-bond donors (Lipinski definition) is 3. The third-order valence-electron chi connectivity index (χ3n) is 1.11. The summed E-state index contributed by atoms with van der Waals surface area (Å²) in [7, 11) is 0. The minimum atomic E-state index is -0.661. The van der Waals surface area contributed by atoms with Gasteiger partial charge >= 0.3 is 0 Å². The monoisotopic (exact) mass is 172 g/mol. The van der Waals surface area contributed by atoms with E-state index in [2.05, 4.69) is 5.32 Å². The Kier molecular flexibility index (Phi) is 4.71. The minimum Gasteiger partial charge on any atom is -0.395 e. The smallest absolute Gasteiger partial charge is 0.247 e. The van der Waals surface area contributed by atoms with Crippen LogP contribution in [0.2, 0.25) is 0 Å². The second-order valence-corrected chi connectivity index (χ2v) is 2.21. The number of aliphatic hydroxyl groups excluding tert-OH is 1. The van der Waals surface area contributed by atoms with Crippen LogP contribution in [-0.2, 0) is 9.59 Å². The van der Waals surface area contributed by atoms with E-state index in [1.54, 1.807) is 0 Å². The van der Waals surface area contributed by atoms with E-state index in [1.165, 1.54) is 6.92 Å². The summed E-state index contributed by atoms with van der Waals surface area (Å²) in [6.07, 6.45) is 1.03. The molecule has 12 heavy (non-hydrogen) atoms. The number of nitrogens with two attached hydrogens (primary N) is 1. The first-order valence-corrected chi connectivity index (χ1v) is 3.44. The number of rotatable bonds is 4. The molecule has 0 fully saturated rings. The molecule has 0 heterocycles. The average molecular weight is 172 g/mol. The third-order valence-corrected chi connectivity index (χ3v) is 1.11. The molecule has 0 aliphatic carbocycles. The first kappa shape index (κ1) is 10.6. The fourth-order valence-corrected chi connectivity index (χ4v) is 0.588. The summed E-state index contributed by atoms with van der Waals surface area (Å²) < 4.78 is 0. The molecule has 0 radical (unpaired) electrons. The van der Waals surface area contributed by atoms with Gasteiger partial charge in [-0.1, -0.05) is 0 Å². The van der Waals surface area contributed by atoms with E-state index in [4.69, 9.17) is 10.8 Å². The first-order chi connectivity index (χ1) is 5.57. The highest BCUT2D eigenvalue weighted by Crippen LogP contribution is 1.90. The Morgan fingerprint density at radius 3 is 2.58 bits per heavy atom. The van der Waals surface area contributed by atoms with Crippen molar-refractivity contribution in [3.63, 3.8) is 0 Å². The van der Waals surface area contributed by atoms with Crippen LogP contribution in [0.25, 0.3) is 0 Å². The fraction of sp³-hybridized carbons (Fsp3) is 0.429. The summed E-state index contributed by atoms with van der Waals surface area (Å²) in [5.41, 5.74) is 5.05. The second kappa shape index (κ2) is 5.31. The molecular weight excluding hydrogens is 160 g/mol. The summed E-state index contributed by atoms with van der Waals surface area (Å²) in [5.74, 6) is -1.06. The van der Waals surface area contributed by atoms with E-state index in [0.29, 0.717) is 0 Å². The summed E-state index contributed by atoms with van der Waals surface area (Å²) in [6.45, 7) is 1.51. The van der Waals surface area contributed by atoms with Crippen molar-refractivity contribution < 1.29 is 14.7 Å². The van der Waals surface area contributed by atoms with Crippen LogP contribution in [0, 0.1) is 0 Å². The quantitative estimate of drug-likeness (QED) is 0.452. The van der Waals surface area contributed by atoms with Crippen LogP contribution in [0.1, 0.15) is 6.92 Å². The Hall–Kier alpha value is -1.36. The van der Waals surface area contributed by atoms with E-state index in [0.717, 1.165) is 6.08 Å². The standard InChI is InChI=1S/C7H12N2O3/c1-5(4-6(8)11)7(12)9-2-3-10/h4,10H,2-3H2,1H3,(H2,8,11)(H,9,12). The topological polar surface area (TPSA) is 92.4 Å². The van der Waals surface area contributed by atoms with Crippen LogP contribution >= 0.6 is 0 Å². The zero-order valence-electron chi connectivity index (χ0n) is 6.83. The van der Waals surface area contributed by atoms with Crippen LogP contribution in [0.5, 0.6) is 0 Å². The number of aliphatic hydroxyl groups is 1. The molecule has 0 aromatic heterocycles. The van der Waals surface area contributed by atoms with E-state index in [1.807, 2.05) is 0 Å². The predicted molar refractivity (Wildman–Crippen MR) is 43.0 cm³/mol. The van der Waals surface area contributed by atoms with Crippen molar-refractivity contribution in [3.8, 4) is 0 Å². The van der Waals surface area contributed by atoms with E-state index in [9.17, 15) is 9.59 Å². The third kappa shape index (κ3) is 4.45. The van der Waals surface area contributed by atoms with Gasteiger partial charge in [0, 0.05) is 18.2 Å². The summed E-state index contributed by atoms with van der Waals surface area (Å²) in [4.78, 5) is 21.2. The maximum Gasteiger partial charge on any atom is 0.247 e. The maximum atomic E-state index is 10.9. The predicted octanol–water partition coefficient (Wildman–Crippen LogP) is -1.47. The Morgan fingerprint density at radius 2 is 2.17 bits per heavy atom. The maximum absolute atomic E-state index is 10.9. The van der Waals surface area contributed by atoms with E-state index >= 15 is 0 Å². The lowest BCUT2D eigenvalue weighted by Gasteiger charge is -2.01. The van der Waals surface area contributed by atoms with Gasteiger partial charge in [-0.2, -0.15) is 0 Å². The fourth-order valence-electron chi connectivity index (χ4n) is 0.588. The van der Waals surface area contributed by atoms with Gasteiger partial charge < -0.3 is 16.2 Å². The zero-order chi connectivity index (χ0) is 9.56. The largest absolute Gasteiger partial charge is 0.395 e. The SMILES string of the molecule is CC(=CC(N)=O)C(=O)NCCO. The molecule has 5 heteroatoms. The molecule has 68 valence electrons. The van der Waals surface area contributed by atoms with Gasteiger partial charge in [0.25, 0.3) is 0 Å². The molecular formula is C7H12N2O3. The van der Waals surface area contributed by atoms with Crippen LogP contribution in [0.3, 0.4) is 0 Å². The number of carbonyl (C=O) groups is 2. The summed E-state index contributed by atoms with van der Waals surface area (Å²) >= 11 is 0. The lowest BCUT2D eigenvalue weighted by Crippen LogP contribution is -2.27. The van der Waals surface area contributed by atoms with Gasteiger partial charge in [0.2, 0.25) is 11.8 Å². The normalized spacial score (nSPS) is 11.0. The Labute approximate surface area is 70.2 Å². The van der Waals surface area contributed by atoms with Crippen LogP contribution in [0.4, 0.5) is 0 Å². The highest BCUT2D eigenvalue weighted by molar-refractivity contribution is 5.99. The van der Waals surface area contributed by atoms with Gasteiger partial charge in [0.1, 0.15) is 0 Å². The van der Waals surface area contributed by atoms with Crippen molar-refractivity contribution >= 4 is 11.8 Å². The molecule has 0 aliphatic rings. The number of hydrogen-bond acceptors (Lipinski definition) is 3. The molecule has 0 atom stereocenters. The van der Waals surface area contributed by atoms with Gasteiger partial charge in [-0.25, -0.2) is 0 Å². The average Bonchev–Trinajstić information content (AvgIpc) is 1.98. The number of nitrogens with one attached hydrogen (secondary N) is 1. The van der Waals surface area contributed by atoms with Crippen molar-refractivity contribution in [3.05, 3.63) is 11.6 Å². The molecule has 0 aromatic rings. The highest BCUT2D eigenvalue weighted by atomic mass is 16.3. The van der Waals surface area contributed by atoms with Crippen molar-refractivity contribution in [1.29, 1.82) is 0 Å². The van der Waals surface area contributed by atoms with Crippen LogP contribution in [0.15, 0.2) is 11.6 Å². The van der Waals surface area contributed by atoms with Crippen molar-refractivity contribution in [2.24, 2.45) is 5.73 Å². The molecule has 0 unspecified atom stereocenters. The molecule has 0 saturated carbocycles. The van der Waals surface area contributed by atoms with Gasteiger partial charge in [-0.3, -0.25) is 9.59 Å². The van der Waals surface area contributed by atoms with Crippen LogP contribution < -0.4 is 11.1 Å². The number of carbonyl (C=O) groups excluding carboxylic acids is 2. The van der Waals surface area contributed by atoms with E-state index < -0.39 is 11.8 Å². The highest BCUT2D eigenvalue weighted by Gasteiger charge is 2.02. The zero-order valence-corrected chi connectivity index (χ0v) is 6.83. The Bertz CT molecular complexity index is 211. The lowest BCUT2D eigenvalue weighted by atomic mass is 10.2. The molecule has 0 bridgehead atoms. The molecule has 2 amide bonds. The minimum absolute atomic E-state index is 0.129. The van der Waals surface area contributed by atoms with Crippen LogP contribution in [-0.4, -0.2) is 30.1 Å². The number of primary amides is 1. The van der Waals surface area contributed by atoms with E-state index in [-0.39, 0.29) is 18.7 Å². The number of amides is 2. The molecule has 0 spiro atoms.